The molecule has 1 aliphatic heterocycles. The second-order valence-electron chi connectivity index (χ2n) is 8.15. The van der Waals surface area contributed by atoms with Crippen LogP contribution in [0, 0.1) is 6.92 Å². The number of aryl methyl sites for hydroxylation is 1. The van der Waals surface area contributed by atoms with Gasteiger partial charge < -0.3 is 15.0 Å². The third kappa shape index (κ3) is 4.90. The zero-order chi connectivity index (χ0) is 22.9. The van der Waals surface area contributed by atoms with E-state index >= 15 is 0 Å². The summed E-state index contributed by atoms with van der Waals surface area (Å²) in [6.07, 6.45) is 0. The topological polar surface area (TPSA) is 83.6 Å². The van der Waals surface area contributed by atoms with Crippen LogP contribution >= 0.6 is 11.3 Å². The molecule has 0 bridgehead atoms. The van der Waals surface area contributed by atoms with E-state index in [4.69, 9.17) is 4.74 Å². The van der Waals surface area contributed by atoms with Crippen LogP contribution in [0.3, 0.4) is 0 Å². The minimum atomic E-state index is -3.73. The van der Waals surface area contributed by atoms with Gasteiger partial charge in [0.1, 0.15) is 9.96 Å². The van der Waals surface area contributed by atoms with Gasteiger partial charge in [0.05, 0.1) is 29.1 Å². The summed E-state index contributed by atoms with van der Waals surface area (Å²) in [5.74, 6) is 0.721. The van der Waals surface area contributed by atoms with Crippen molar-refractivity contribution in [2.75, 3.05) is 29.8 Å². The average Bonchev–Trinajstić information content (AvgIpc) is 3.24. The molecule has 32 heavy (non-hydrogen) atoms. The standard InChI is InChI=1S/C23H28N4O3S2/c1-15-6-5-7-19(25-15)22-10-11-23(31-22)32(28,29)26-18-8-9-21(30-4)20(12-18)27-13-16(2)24-17(3)14-27/h5-12,16-17,24,26H,13-14H2,1-4H3/t16-,17+. The summed E-state index contributed by atoms with van der Waals surface area (Å²) in [6, 6.07) is 15.2. The lowest BCUT2D eigenvalue weighted by Crippen LogP contribution is -2.54. The predicted molar refractivity (Wildman–Crippen MR) is 130 cm³/mol. The number of benzene rings is 1. The third-order valence-corrected chi connectivity index (χ3v) is 8.30. The summed E-state index contributed by atoms with van der Waals surface area (Å²) in [5.41, 5.74) is 3.04. The molecule has 1 fully saturated rings. The fourth-order valence-corrected chi connectivity index (χ4v) is 6.34. The van der Waals surface area contributed by atoms with Gasteiger partial charge in [-0.25, -0.2) is 8.42 Å². The van der Waals surface area contributed by atoms with Crippen molar-refractivity contribution in [1.29, 1.82) is 0 Å². The first-order chi connectivity index (χ1) is 15.2. The van der Waals surface area contributed by atoms with Crippen LogP contribution in [0.15, 0.2) is 52.7 Å². The number of anilines is 2. The van der Waals surface area contributed by atoms with Gasteiger partial charge in [-0.1, -0.05) is 6.07 Å². The van der Waals surface area contributed by atoms with E-state index in [0.29, 0.717) is 17.8 Å². The van der Waals surface area contributed by atoms with Crippen molar-refractivity contribution in [3.63, 3.8) is 0 Å². The van der Waals surface area contributed by atoms with E-state index in [9.17, 15) is 8.42 Å². The van der Waals surface area contributed by atoms with Crippen molar-refractivity contribution in [3.8, 4) is 16.3 Å². The maximum absolute atomic E-state index is 13.1. The number of ether oxygens (including phenoxy) is 1. The lowest BCUT2D eigenvalue weighted by molar-refractivity contribution is 0.391. The van der Waals surface area contributed by atoms with Crippen LogP contribution in [0.25, 0.3) is 10.6 Å². The van der Waals surface area contributed by atoms with Gasteiger partial charge in [0, 0.05) is 30.9 Å². The van der Waals surface area contributed by atoms with Crippen LogP contribution in [0.4, 0.5) is 11.4 Å². The van der Waals surface area contributed by atoms with Gasteiger partial charge in [0.15, 0.2) is 0 Å². The number of piperazine rings is 1. The van der Waals surface area contributed by atoms with Crippen LogP contribution in [0.5, 0.6) is 5.75 Å². The van der Waals surface area contributed by atoms with Gasteiger partial charge in [0.2, 0.25) is 0 Å². The molecule has 1 aliphatic rings. The number of thiophene rings is 1. The summed E-state index contributed by atoms with van der Waals surface area (Å²) in [5, 5.41) is 3.51. The number of rotatable bonds is 6. The highest BCUT2D eigenvalue weighted by Gasteiger charge is 2.25. The fourth-order valence-electron chi connectivity index (χ4n) is 4.01. The molecule has 3 aromatic rings. The van der Waals surface area contributed by atoms with Crippen molar-refractivity contribution < 1.29 is 13.2 Å². The maximum atomic E-state index is 13.1. The number of hydrogen-bond donors (Lipinski definition) is 2. The van der Waals surface area contributed by atoms with Gasteiger partial charge in [-0.2, -0.15) is 0 Å². The van der Waals surface area contributed by atoms with Crippen molar-refractivity contribution in [1.82, 2.24) is 10.3 Å². The van der Waals surface area contributed by atoms with Crippen LogP contribution in [-0.2, 0) is 10.0 Å². The molecule has 0 amide bonds. The minimum absolute atomic E-state index is 0.248. The summed E-state index contributed by atoms with van der Waals surface area (Å²) >= 11 is 1.21. The first-order valence-electron chi connectivity index (χ1n) is 10.5. The van der Waals surface area contributed by atoms with E-state index in [1.54, 1.807) is 31.4 Å². The molecule has 0 radical (unpaired) electrons. The smallest absolute Gasteiger partial charge is 0.271 e. The Kier molecular flexibility index (Phi) is 6.41. The van der Waals surface area contributed by atoms with E-state index in [2.05, 4.69) is 33.8 Å². The molecule has 0 spiro atoms. The number of aromatic nitrogens is 1. The monoisotopic (exact) mass is 472 g/mol. The Morgan fingerprint density at radius 3 is 2.56 bits per heavy atom. The third-order valence-electron chi connectivity index (χ3n) is 5.32. The number of nitrogens with one attached hydrogen (secondary N) is 2. The molecule has 170 valence electrons. The molecular weight excluding hydrogens is 444 g/mol. The normalized spacial score (nSPS) is 19.1. The zero-order valence-corrected chi connectivity index (χ0v) is 20.3. The number of nitrogens with zero attached hydrogens (tertiary/aromatic N) is 2. The van der Waals surface area contributed by atoms with E-state index in [1.807, 2.05) is 31.2 Å². The van der Waals surface area contributed by atoms with Crippen LogP contribution in [0.2, 0.25) is 0 Å². The van der Waals surface area contributed by atoms with Crippen molar-refractivity contribution in [2.45, 2.75) is 37.1 Å². The Bertz CT molecular complexity index is 1200. The summed E-state index contributed by atoms with van der Waals surface area (Å²) in [4.78, 5) is 7.53. The second-order valence-corrected chi connectivity index (χ2v) is 11.1. The van der Waals surface area contributed by atoms with E-state index < -0.39 is 10.0 Å². The average molecular weight is 473 g/mol. The van der Waals surface area contributed by atoms with Crippen LogP contribution in [-0.4, -0.2) is 45.7 Å². The number of sulfonamides is 1. The Labute approximate surface area is 193 Å². The quantitative estimate of drug-likeness (QED) is 0.562. The van der Waals surface area contributed by atoms with Gasteiger partial charge in [-0.05, 0) is 63.2 Å². The molecule has 0 aliphatic carbocycles. The molecule has 3 heterocycles. The van der Waals surface area contributed by atoms with Crippen molar-refractivity contribution in [3.05, 3.63) is 54.2 Å². The molecule has 2 aromatic heterocycles. The lowest BCUT2D eigenvalue weighted by Gasteiger charge is -2.38. The van der Waals surface area contributed by atoms with E-state index in [1.165, 1.54) is 11.3 Å². The number of pyridine rings is 1. The Morgan fingerprint density at radius 2 is 1.88 bits per heavy atom. The van der Waals surface area contributed by atoms with Gasteiger partial charge in [-0.3, -0.25) is 9.71 Å². The molecule has 2 N–H and O–H groups in total. The highest BCUT2D eigenvalue weighted by Crippen LogP contribution is 2.35. The van der Waals surface area contributed by atoms with Gasteiger partial charge >= 0.3 is 0 Å². The molecule has 0 saturated carbocycles. The molecule has 2 atom stereocenters. The molecule has 9 heteroatoms. The summed E-state index contributed by atoms with van der Waals surface area (Å²) in [7, 11) is -2.10. The maximum Gasteiger partial charge on any atom is 0.271 e. The van der Waals surface area contributed by atoms with Crippen molar-refractivity contribution in [2.24, 2.45) is 0 Å². The summed E-state index contributed by atoms with van der Waals surface area (Å²) < 4.78 is 34.7. The van der Waals surface area contributed by atoms with Gasteiger partial charge in [0.25, 0.3) is 10.0 Å². The van der Waals surface area contributed by atoms with Crippen molar-refractivity contribution >= 4 is 32.7 Å². The first kappa shape index (κ1) is 22.6. The molecule has 1 aromatic carbocycles. The summed E-state index contributed by atoms with van der Waals surface area (Å²) in [6.45, 7) is 7.82. The highest BCUT2D eigenvalue weighted by atomic mass is 32.2. The zero-order valence-electron chi connectivity index (χ0n) is 18.6. The highest BCUT2D eigenvalue weighted by molar-refractivity contribution is 7.94. The molecule has 0 unspecified atom stereocenters. The van der Waals surface area contributed by atoms with Gasteiger partial charge in [-0.15, -0.1) is 11.3 Å². The molecule has 1 saturated heterocycles. The van der Waals surface area contributed by atoms with E-state index in [-0.39, 0.29) is 4.21 Å². The second kappa shape index (κ2) is 9.09. The Morgan fingerprint density at radius 1 is 1.12 bits per heavy atom. The Balaban J connectivity index is 1.60. The fraction of sp³-hybridized carbons (Fsp3) is 0.348. The van der Waals surface area contributed by atoms with Crippen LogP contribution in [0.1, 0.15) is 19.5 Å². The predicted octanol–water partition coefficient (Wildman–Crippen LogP) is 4.11. The number of methoxy groups -OCH3 is 1. The number of hydrogen-bond acceptors (Lipinski definition) is 7. The minimum Gasteiger partial charge on any atom is -0.495 e. The SMILES string of the molecule is COc1ccc(NS(=O)(=O)c2ccc(-c3cccc(C)n3)s2)cc1N1C[C@@H](C)N[C@@H](C)C1. The largest absolute Gasteiger partial charge is 0.495 e. The Hall–Kier alpha value is -2.62. The van der Waals surface area contributed by atoms with E-state index in [0.717, 1.165) is 40.8 Å². The molecule has 4 rings (SSSR count). The van der Waals surface area contributed by atoms with Crippen LogP contribution < -0.4 is 19.7 Å². The molecule has 7 nitrogen and oxygen atoms in total. The lowest BCUT2D eigenvalue weighted by atomic mass is 10.1. The molecular formula is C23H28N4O3S2. The first-order valence-corrected chi connectivity index (χ1v) is 12.8.